The first-order chi connectivity index (χ1) is 13.2. The molecule has 0 spiro atoms. The van der Waals surface area contributed by atoms with Crippen molar-refractivity contribution in [2.24, 2.45) is 0 Å². The topological polar surface area (TPSA) is 79.2 Å². The summed E-state index contributed by atoms with van der Waals surface area (Å²) in [4.78, 5) is 22.7. The standard InChI is InChI=1S/C18H10F4N2O3S/c19-12-6-9(7-15-16(25)24-17(26)28-15)1-4-14(12)27-13-3-2-10(8-23)5-11(13)18(20,21)22/h1-6,15H,7H2,(H,24,25,26). The summed E-state index contributed by atoms with van der Waals surface area (Å²) in [7, 11) is 0. The third-order valence-electron chi connectivity index (χ3n) is 3.82. The summed E-state index contributed by atoms with van der Waals surface area (Å²) in [6, 6.07) is 7.86. The summed E-state index contributed by atoms with van der Waals surface area (Å²) >= 11 is 0.785. The number of rotatable bonds is 4. The van der Waals surface area contributed by atoms with Crippen LogP contribution in [0, 0.1) is 17.1 Å². The molecule has 5 nitrogen and oxygen atoms in total. The third kappa shape index (κ3) is 4.26. The number of amides is 2. The molecule has 144 valence electrons. The summed E-state index contributed by atoms with van der Waals surface area (Å²) < 4.78 is 58.9. The van der Waals surface area contributed by atoms with Gasteiger partial charge in [-0.15, -0.1) is 0 Å². The fourth-order valence-electron chi connectivity index (χ4n) is 2.52. The second kappa shape index (κ2) is 7.52. The molecule has 1 saturated heterocycles. The number of nitriles is 1. The SMILES string of the molecule is N#Cc1ccc(Oc2ccc(CC3SC(=O)NC3=O)cc2F)c(C(F)(F)F)c1. The van der Waals surface area contributed by atoms with Crippen molar-refractivity contribution >= 4 is 22.9 Å². The number of thioether (sulfide) groups is 1. The number of halogens is 4. The largest absolute Gasteiger partial charge is 0.454 e. The number of carbonyl (C=O) groups is 2. The molecule has 2 aromatic rings. The predicted molar refractivity (Wildman–Crippen MR) is 91.3 cm³/mol. The molecule has 3 rings (SSSR count). The molecule has 0 aromatic heterocycles. The second-order valence-electron chi connectivity index (χ2n) is 5.77. The van der Waals surface area contributed by atoms with Crippen LogP contribution in [0.25, 0.3) is 0 Å². The van der Waals surface area contributed by atoms with E-state index in [-0.39, 0.29) is 12.0 Å². The molecule has 0 bridgehead atoms. The van der Waals surface area contributed by atoms with Gasteiger partial charge < -0.3 is 4.74 Å². The minimum Gasteiger partial charge on any atom is -0.454 e. The average molecular weight is 410 g/mol. The number of carbonyl (C=O) groups excluding carboxylic acids is 2. The van der Waals surface area contributed by atoms with E-state index in [0.717, 1.165) is 36.0 Å². The van der Waals surface area contributed by atoms with Crippen molar-refractivity contribution in [1.29, 1.82) is 5.26 Å². The number of alkyl halides is 3. The van der Waals surface area contributed by atoms with Crippen LogP contribution in [0.15, 0.2) is 36.4 Å². The van der Waals surface area contributed by atoms with Crippen LogP contribution in [0.3, 0.4) is 0 Å². The fourth-order valence-corrected chi connectivity index (χ4v) is 3.38. The van der Waals surface area contributed by atoms with Crippen molar-refractivity contribution in [1.82, 2.24) is 5.32 Å². The van der Waals surface area contributed by atoms with E-state index in [4.69, 9.17) is 10.00 Å². The van der Waals surface area contributed by atoms with Gasteiger partial charge in [0.25, 0.3) is 5.24 Å². The molecule has 1 atom stereocenters. The number of hydrogen-bond acceptors (Lipinski definition) is 5. The van der Waals surface area contributed by atoms with E-state index >= 15 is 0 Å². The second-order valence-corrected chi connectivity index (χ2v) is 6.95. The molecule has 10 heteroatoms. The van der Waals surface area contributed by atoms with Gasteiger partial charge in [-0.3, -0.25) is 14.9 Å². The van der Waals surface area contributed by atoms with E-state index in [1.807, 2.05) is 0 Å². The van der Waals surface area contributed by atoms with E-state index in [0.29, 0.717) is 11.6 Å². The first kappa shape index (κ1) is 19.7. The lowest BCUT2D eigenvalue weighted by atomic mass is 10.1. The zero-order chi connectivity index (χ0) is 20.5. The monoisotopic (exact) mass is 410 g/mol. The Morgan fingerprint density at radius 1 is 1.14 bits per heavy atom. The van der Waals surface area contributed by atoms with Gasteiger partial charge in [0.15, 0.2) is 11.6 Å². The highest BCUT2D eigenvalue weighted by molar-refractivity contribution is 8.15. The van der Waals surface area contributed by atoms with Gasteiger partial charge in [-0.2, -0.15) is 18.4 Å². The third-order valence-corrected chi connectivity index (χ3v) is 4.80. The van der Waals surface area contributed by atoms with Crippen LogP contribution in [0.5, 0.6) is 11.5 Å². The van der Waals surface area contributed by atoms with Crippen LogP contribution in [0.2, 0.25) is 0 Å². The summed E-state index contributed by atoms with van der Waals surface area (Å²) in [6.07, 6.45) is -4.72. The number of nitrogens with one attached hydrogen (secondary N) is 1. The Hall–Kier alpha value is -3.06. The van der Waals surface area contributed by atoms with Crippen molar-refractivity contribution in [3.8, 4) is 17.6 Å². The summed E-state index contributed by atoms with van der Waals surface area (Å²) in [5, 5.41) is 9.69. The van der Waals surface area contributed by atoms with Gasteiger partial charge >= 0.3 is 6.18 Å². The van der Waals surface area contributed by atoms with Crippen LogP contribution in [0.4, 0.5) is 22.4 Å². The zero-order valence-corrected chi connectivity index (χ0v) is 14.7. The van der Waals surface area contributed by atoms with Gasteiger partial charge in [0, 0.05) is 0 Å². The van der Waals surface area contributed by atoms with Crippen LogP contribution in [-0.2, 0) is 17.4 Å². The molecule has 1 fully saturated rings. The highest BCUT2D eigenvalue weighted by atomic mass is 32.2. The lowest BCUT2D eigenvalue weighted by Gasteiger charge is -2.15. The Balaban J connectivity index is 1.83. The Labute approximate surface area is 160 Å². The Kier molecular flexibility index (Phi) is 5.29. The molecule has 2 amide bonds. The lowest BCUT2D eigenvalue weighted by Crippen LogP contribution is -2.25. The average Bonchev–Trinajstić information content (AvgIpc) is 2.93. The maximum Gasteiger partial charge on any atom is 0.420 e. The molecule has 1 aliphatic rings. The van der Waals surface area contributed by atoms with E-state index in [1.54, 1.807) is 6.07 Å². The first-order valence-electron chi connectivity index (χ1n) is 7.76. The maximum atomic E-state index is 14.3. The van der Waals surface area contributed by atoms with Crippen molar-refractivity contribution in [3.05, 3.63) is 58.9 Å². The van der Waals surface area contributed by atoms with Gasteiger partial charge in [0.1, 0.15) is 5.75 Å². The number of nitrogens with zero attached hydrogens (tertiary/aromatic N) is 1. The Morgan fingerprint density at radius 2 is 1.86 bits per heavy atom. The Morgan fingerprint density at radius 3 is 2.43 bits per heavy atom. The normalized spacial score (nSPS) is 16.6. The molecular weight excluding hydrogens is 400 g/mol. The van der Waals surface area contributed by atoms with Gasteiger partial charge in [-0.25, -0.2) is 4.39 Å². The van der Waals surface area contributed by atoms with E-state index in [9.17, 15) is 27.2 Å². The molecule has 28 heavy (non-hydrogen) atoms. The Bertz CT molecular complexity index is 1000. The van der Waals surface area contributed by atoms with Crippen molar-refractivity contribution in [3.63, 3.8) is 0 Å². The van der Waals surface area contributed by atoms with E-state index in [1.165, 1.54) is 6.07 Å². The molecule has 0 aliphatic carbocycles. The van der Waals surface area contributed by atoms with Gasteiger partial charge in [-0.05, 0) is 42.3 Å². The minimum atomic E-state index is -4.79. The van der Waals surface area contributed by atoms with E-state index < -0.39 is 45.5 Å². The van der Waals surface area contributed by atoms with Crippen LogP contribution >= 0.6 is 11.8 Å². The van der Waals surface area contributed by atoms with Crippen LogP contribution < -0.4 is 10.1 Å². The number of ether oxygens (including phenoxy) is 1. The quantitative estimate of drug-likeness (QED) is 0.756. The van der Waals surface area contributed by atoms with E-state index in [2.05, 4.69) is 5.32 Å². The van der Waals surface area contributed by atoms with Gasteiger partial charge in [0.2, 0.25) is 5.91 Å². The number of imide groups is 1. The van der Waals surface area contributed by atoms with Crippen LogP contribution in [-0.4, -0.2) is 16.4 Å². The smallest absolute Gasteiger partial charge is 0.420 e. The van der Waals surface area contributed by atoms with Crippen LogP contribution in [0.1, 0.15) is 16.7 Å². The molecule has 1 heterocycles. The predicted octanol–water partition coefficient (Wildman–Crippen LogP) is 4.40. The lowest BCUT2D eigenvalue weighted by molar-refractivity contribution is -0.138. The van der Waals surface area contributed by atoms with Crippen molar-refractivity contribution in [2.45, 2.75) is 17.8 Å². The molecule has 1 aliphatic heterocycles. The first-order valence-corrected chi connectivity index (χ1v) is 8.64. The highest BCUT2D eigenvalue weighted by Crippen LogP contribution is 2.39. The van der Waals surface area contributed by atoms with Crippen molar-refractivity contribution in [2.75, 3.05) is 0 Å². The van der Waals surface area contributed by atoms with Crippen molar-refractivity contribution < 1.29 is 31.9 Å². The number of benzene rings is 2. The molecule has 0 saturated carbocycles. The fraction of sp³-hybridized carbons (Fsp3) is 0.167. The van der Waals surface area contributed by atoms with Gasteiger partial charge in [-0.1, -0.05) is 17.8 Å². The minimum absolute atomic E-state index is 0.0735. The maximum absolute atomic E-state index is 14.3. The molecule has 0 radical (unpaired) electrons. The molecular formula is C18H10F4N2O3S. The summed E-state index contributed by atoms with van der Waals surface area (Å²) in [5.74, 6) is -2.50. The summed E-state index contributed by atoms with van der Waals surface area (Å²) in [6.45, 7) is 0. The highest BCUT2D eigenvalue weighted by Gasteiger charge is 2.35. The zero-order valence-electron chi connectivity index (χ0n) is 13.8. The molecule has 2 aromatic carbocycles. The molecule has 1 unspecified atom stereocenters. The summed E-state index contributed by atoms with van der Waals surface area (Å²) in [5.41, 5.74) is -1.03. The molecule has 1 N–H and O–H groups in total. The number of hydrogen-bond donors (Lipinski definition) is 1. The van der Waals surface area contributed by atoms with Gasteiger partial charge in [0.05, 0.1) is 22.4 Å².